The number of rotatable bonds is 4. The molecule has 0 amide bonds. The molecular weight excluding hydrogens is 270 g/mol. The van der Waals surface area contributed by atoms with E-state index < -0.39 is 11.0 Å². The Hall–Kier alpha value is -0.920. The van der Waals surface area contributed by atoms with Crippen LogP contribution in [0.1, 0.15) is 44.2 Å². The van der Waals surface area contributed by atoms with Gasteiger partial charge in [0.25, 0.3) is 0 Å². The SMILES string of the molecule is C[C@@H](NS(=O)C(C)(C)C)c1cc(/C(N)=N/O)cs1. The number of hydrogen-bond donors (Lipinski definition) is 3. The summed E-state index contributed by atoms with van der Waals surface area (Å²) in [6.45, 7) is 7.68. The molecule has 5 nitrogen and oxygen atoms in total. The molecule has 0 aliphatic rings. The standard InChI is InChI=1S/C11H19N3O2S2/c1-7(14-18(16)11(2,3)4)9-5-8(6-17-9)10(12)13-15/h5-7,14-15H,1-4H3,(H2,12,13)/t7-,18?/m1/s1. The molecule has 1 rings (SSSR count). The summed E-state index contributed by atoms with van der Waals surface area (Å²) in [7, 11) is -1.13. The summed E-state index contributed by atoms with van der Waals surface area (Å²) in [5.74, 6) is 0.0849. The molecule has 1 unspecified atom stereocenters. The van der Waals surface area contributed by atoms with E-state index in [0.717, 1.165) is 4.88 Å². The topological polar surface area (TPSA) is 87.7 Å². The second kappa shape index (κ2) is 5.81. The molecule has 0 bridgehead atoms. The minimum atomic E-state index is -1.13. The number of nitrogens with one attached hydrogen (secondary N) is 1. The van der Waals surface area contributed by atoms with Crippen molar-refractivity contribution in [2.45, 2.75) is 38.5 Å². The van der Waals surface area contributed by atoms with Gasteiger partial charge in [-0.1, -0.05) is 5.16 Å². The number of hydrogen-bond acceptors (Lipinski definition) is 4. The van der Waals surface area contributed by atoms with Crippen LogP contribution in [0, 0.1) is 0 Å². The summed E-state index contributed by atoms with van der Waals surface area (Å²) in [5.41, 5.74) is 6.18. The maximum absolute atomic E-state index is 12.0. The molecule has 102 valence electrons. The van der Waals surface area contributed by atoms with Crippen molar-refractivity contribution in [2.75, 3.05) is 0 Å². The van der Waals surface area contributed by atoms with Crippen LogP contribution >= 0.6 is 11.3 Å². The van der Waals surface area contributed by atoms with E-state index in [4.69, 9.17) is 10.9 Å². The van der Waals surface area contributed by atoms with Gasteiger partial charge in [-0.25, -0.2) is 8.93 Å². The van der Waals surface area contributed by atoms with Crippen LogP contribution in [0.25, 0.3) is 0 Å². The highest BCUT2D eigenvalue weighted by atomic mass is 32.2. The summed E-state index contributed by atoms with van der Waals surface area (Å²) in [4.78, 5) is 0.995. The summed E-state index contributed by atoms with van der Waals surface area (Å²) in [6, 6.07) is 1.78. The van der Waals surface area contributed by atoms with E-state index in [0.29, 0.717) is 5.56 Å². The van der Waals surface area contributed by atoms with Crippen LogP contribution in [0.4, 0.5) is 0 Å². The van der Waals surface area contributed by atoms with Crippen molar-refractivity contribution < 1.29 is 9.42 Å². The van der Waals surface area contributed by atoms with E-state index in [2.05, 4.69) is 9.88 Å². The van der Waals surface area contributed by atoms with E-state index >= 15 is 0 Å². The zero-order chi connectivity index (χ0) is 13.9. The third-order valence-electron chi connectivity index (χ3n) is 2.29. The van der Waals surface area contributed by atoms with Gasteiger partial charge in [-0.15, -0.1) is 11.3 Å². The van der Waals surface area contributed by atoms with Crippen LogP contribution < -0.4 is 10.5 Å². The zero-order valence-corrected chi connectivity index (χ0v) is 12.6. The number of nitrogens with two attached hydrogens (primary N) is 1. The van der Waals surface area contributed by atoms with Gasteiger partial charge in [-0.2, -0.15) is 0 Å². The lowest BCUT2D eigenvalue weighted by atomic mass is 10.2. The number of thiophene rings is 1. The highest BCUT2D eigenvalue weighted by Crippen LogP contribution is 2.23. The molecule has 1 aromatic heterocycles. The van der Waals surface area contributed by atoms with E-state index in [-0.39, 0.29) is 16.6 Å². The molecule has 1 aromatic rings. The Morgan fingerprint density at radius 1 is 1.61 bits per heavy atom. The summed E-state index contributed by atoms with van der Waals surface area (Å²) >= 11 is 1.49. The van der Waals surface area contributed by atoms with Crippen molar-refractivity contribution >= 4 is 28.2 Å². The minimum absolute atomic E-state index is 0.0460. The summed E-state index contributed by atoms with van der Waals surface area (Å²) < 4.78 is 14.7. The van der Waals surface area contributed by atoms with Crippen molar-refractivity contribution in [1.82, 2.24) is 4.72 Å². The van der Waals surface area contributed by atoms with Gasteiger partial charge < -0.3 is 10.9 Å². The van der Waals surface area contributed by atoms with Crippen LogP contribution in [-0.2, 0) is 11.0 Å². The first-order valence-corrected chi connectivity index (χ1v) is 7.53. The molecule has 0 aliphatic carbocycles. The van der Waals surface area contributed by atoms with Gasteiger partial charge in [-0.3, -0.25) is 0 Å². The lowest BCUT2D eigenvalue weighted by molar-refractivity contribution is 0.318. The molecule has 0 saturated carbocycles. The number of nitrogens with zero attached hydrogens (tertiary/aromatic N) is 1. The van der Waals surface area contributed by atoms with Gasteiger partial charge >= 0.3 is 0 Å². The van der Waals surface area contributed by atoms with E-state index in [1.165, 1.54) is 11.3 Å². The first-order valence-electron chi connectivity index (χ1n) is 5.50. The van der Waals surface area contributed by atoms with Crippen LogP contribution in [0.2, 0.25) is 0 Å². The molecule has 0 saturated heterocycles. The van der Waals surface area contributed by atoms with Crippen LogP contribution in [0.3, 0.4) is 0 Å². The fourth-order valence-corrected chi connectivity index (χ4v) is 2.95. The molecule has 0 radical (unpaired) electrons. The first-order chi connectivity index (χ1) is 8.25. The Bertz CT molecular complexity index is 463. The third kappa shape index (κ3) is 3.79. The summed E-state index contributed by atoms with van der Waals surface area (Å²) in [5, 5.41) is 13.4. The molecule has 4 N–H and O–H groups in total. The molecule has 2 atom stereocenters. The molecule has 0 fully saturated rings. The minimum Gasteiger partial charge on any atom is -0.409 e. The van der Waals surface area contributed by atoms with Crippen molar-refractivity contribution in [1.29, 1.82) is 0 Å². The average Bonchev–Trinajstić information content (AvgIpc) is 2.75. The van der Waals surface area contributed by atoms with Crippen LogP contribution in [0.15, 0.2) is 16.6 Å². The summed E-state index contributed by atoms with van der Waals surface area (Å²) in [6.07, 6.45) is 0. The highest BCUT2D eigenvalue weighted by molar-refractivity contribution is 7.84. The molecule has 0 spiro atoms. The maximum Gasteiger partial charge on any atom is 0.170 e. The van der Waals surface area contributed by atoms with Crippen molar-refractivity contribution in [3.8, 4) is 0 Å². The predicted octanol–water partition coefficient (Wildman–Crippen LogP) is 1.96. The lowest BCUT2D eigenvalue weighted by Crippen LogP contribution is -2.34. The van der Waals surface area contributed by atoms with Crippen LogP contribution in [0.5, 0.6) is 0 Å². The van der Waals surface area contributed by atoms with E-state index in [1.54, 1.807) is 0 Å². The molecule has 7 heteroatoms. The Morgan fingerprint density at radius 2 is 2.22 bits per heavy atom. The van der Waals surface area contributed by atoms with Crippen molar-refractivity contribution in [3.63, 3.8) is 0 Å². The van der Waals surface area contributed by atoms with Gasteiger partial charge in [0.15, 0.2) is 5.84 Å². The Kier molecular flexibility index (Phi) is 4.89. The number of amidine groups is 1. The second-order valence-corrected chi connectivity index (χ2v) is 7.88. The van der Waals surface area contributed by atoms with Crippen LogP contribution in [-0.4, -0.2) is 20.0 Å². The molecule has 0 aliphatic heterocycles. The van der Waals surface area contributed by atoms with E-state index in [1.807, 2.05) is 39.1 Å². The zero-order valence-electron chi connectivity index (χ0n) is 10.9. The van der Waals surface area contributed by atoms with Gasteiger partial charge in [-0.05, 0) is 33.8 Å². The molecular formula is C11H19N3O2S2. The third-order valence-corrected chi connectivity index (χ3v) is 5.09. The second-order valence-electron chi connectivity index (χ2n) is 4.94. The van der Waals surface area contributed by atoms with Gasteiger partial charge in [0.2, 0.25) is 0 Å². The fraction of sp³-hybridized carbons (Fsp3) is 0.545. The molecule has 1 heterocycles. The molecule has 0 aromatic carbocycles. The predicted molar refractivity (Wildman–Crippen MR) is 76.3 cm³/mol. The number of oxime groups is 1. The quantitative estimate of drug-likeness (QED) is 0.343. The highest BCUT2D eigenvalue weighted by Gasteiger charge is 2.22. The first kappa shape index (κ1) is 15.1. The lowest BCUT2D eigenvalue weighted by Gasteiger charge is -2.21. The normalized spacial score (nSPS) is 16.6. The Morgan fingerprint density at radius 3 is 2.72 bits per heavy atom. The monoisotopic (exact) mass is 289 g/mol. The van der Waals surface area contributed by atoms with Crippen molar-refractivity contribution in [2.24, 2.45) is 10.9 Å². The Labute approximate surface area is 114 Å². The Balaban J connectivity index is 2.77. The average molecular weight is 289 g/mol. The largest absolute Gasteiger partial charge is 0.409 e. The molecule has 18 heavy (non-hydrogen) atoms. The van der Waals surface area contributed by atoms with Gasteiger partial charge in [0, 0.05) is 15.8 Å². The van der Waals surface area contributed by atoms with Crippen molar-refractivity contribution in [3.05, 3.63) is 21.9 Å². The van der Waals surface area contributed by atoms with Gasteiger partial charge in [0.05, 0.1) is 21.8 Å². The smallest absolute Gasteiger partial charge is 0.170 e. The fourth-order valence-electron chi connectivity index (χ4n) is 1.17. The van der Waals surface area contributed by atoms with E-state index in [9.17, 15) is 4.21 Å². The van der Waals surface area contributed by atoms with Gasteiger partial charge in [0.1, 0.15) is 0 Å². The maximum atomic E-state index is 12.0.